The standard InChI is InChI=1S/C19H18BF3N2O3/c1-17-4-5-18(28-17,6-7-20)14-13(17)15(26)25(16(14)27)11-3-2-10(9-24)12(8-11)19(21,22)23/h2-3,8,13-14H,4-7,20H2,1H3/t13-,14+,17?,18?/m1/s1. The minimum Gasteiger partial charge on any atom is -0.367 e. The fourth-order valence-electron chi connectivity index (χ4n) is 5.29. The van der Waals surface area contributed by atoms with E-state index < -0.39 is 52.2 Å². The van der Waals surface area contributed by atoms with Gasteiger partial charge in [0.25, 0.3) is 0 Å². The van der Waals surface area contributed by atoms with Crippen molar-refractivity contribution in [1.82, 2.24) is 0 Å². The summed E-state index contributed by atoms with van der Waals surface area (Å²) in [7, 11) is 1.97. The number of hydrogen-bond acceptors (Lipinski definition) is 4. The second-order valence-electron chi connectivity index (χ2n) is 8.04. The van der Waals surface area contributed by atoms with Crippen molar-refractivity contribution in [3.63, 3.8) is 0 Å². The largest absolute Gasteiger partial charge is 0.417 e. The highest BCUT2D eigenvalue weighted by molar-refractivity contribution is 6.23. The third-order valence-electron chi connectivity index (χ3n) is 6.37. The molecule has 28 heavy (non-hydrogen) atoms. The number of fused-ring (bicyclic) bond motifs is 5. The number of hydrogen-bond donors (Lipinski definition) is 0. The van der Waals surface area contributed by atoms with Crippen LogP contribution in [0, 0.1) is 23.2 Å². The number of nitrogens with zero attached hydrogens (tertiary/aromatic N) is 2. The Balaban J connectivity index is 1.79. The Labute approximate surface area is 160 Å². The molecule has 4 atom stereocenters. The maximum absolute atomic E-state index is 13.3. The van der Waals surface area contributed by atoms with Crippen LogP contribution in [0.5, 0.6) is 0 Å². The van der Waals surface area contributed by atoms with Crippen molar-refractivity contribution in [2.45, 2.75) is 49.9 Å². The van der Waals surface area contributed by atoms with Crippen LogP contribution in [-0.2, 0) is 20.5 Å². The Hall–Kier alpha value is -2.34. The number of benzene rings is 1. The third-order valence-corrected chi connectivity index (χ3v) is 6.37. The lowest BCUT2D eigenvalue weighted by atomic mass is 9.66. The van der Waals surface area contributed by atoms with Crippen molar-refractivity contribution in [3.8, 4) is 6.07 Å². The number of carbonyl (C=O) groups excluding carboxylic acids is 2. The van der Waals surface area contributed by atoms with Gasteiger partial charge in [-0.25, -0.2) is 4.90 Å². The number of alkyl halides is 3. The van der Waals surface area contributed by atoms with E-state index in [2.05, 4.69) is 0 Å². The lowest BCUT2D eigenvalue weighted by molar-refractivity contribution is -0.138. The molecule has 0 N–H and O–H groups in total. The van der Waals surface area contributed by atoms with E-state index in [-0.39, 0.29) is 5.69 Å². The Morgan fingerprint density at radius 3 is 2.57 bits per heavy atom. The molecule has 0 saturated carbocycles. The van der Waals surface area contributed by atoms with E-state index in [9.17, 15) is 22.8 Å². The molecular weight excluding hydrogens is 372 g/mol. The number of carbonyl (C=O) groups is 2. The van der Waals surface area contributed by atoms with Gasteiger partial charge in [0.05, 0.1) is 45.9 Å². The van der Waals surface area contributed by atoms with Crippen LogP contribution in [0.25, 0.3) is 0 Å². The topological polar surface area (TPSA) is 70.4 Å². The Morgan fingerprint density at radius 2 is 1.96 bits per heavy atom. The van der Waals surface area contributed by atoms with Gasteiger partial charge in [0, 0.05) is 0 Å². The maximum Gasteiger partial charge on any atom is 0.417 e. The molecule has 2 amide bonds. The zero-order valence-corrected chi connectivity index (χ0v) is 15.5. The van der Waals surface area contributed by atoms with Gasteiger partial charge in [0.2, 0.25) is 11.8 Å². The van der Waals surface area contributed by atoms with Gasteiger partial charge < -0.3 is 4.74 Å². The highest BCUT2D eigenvalue weighted by Crippen LogP contribution is 2.62. The van der Waals surface area contributed by atoms with E-state index in [1.807, 2.05) is 14.8 Å². The van der Waals surface area contributed by atoms with Gasteiger partial charge in [0.15, 0.2) is 0 Å². The van der Waals surface area contributed by atoms with Gasteiger partial charge in [-0.05, 0) is 44.4 Å². The molecule has 1 aromatic carbocycles. The van der Waals surface area contributed by atoms with Gasteiger partial charge in [-0.2, -0.15) is 18.4 Å². The lowest BCUT2D eigenvalue weighted by Gasteiger charge is -2.30. The summed E-state index contributed by atoms with van der Waals surface area (Å²) in [5.41, 5.74) is -3.35. The second kappa shape index (κ2) is 5.83. The first-order valence-corrected chi connectivity index (χ1v) is 9.27. The Bertz CT molecular complexity index is 924. The van der Waals surface area contributed by atoms with Crippen LogP contribution in [-0.4, -0.2) is 30.9 Å². The normalized spacial score (nSPS) is 34.0. The molecule has 0 aliphatic carbocycles. The molecule has 3 fully saturated rings. The highest BCUT2D eigenvalue weighted by Gasteiger charge is 2.73. The van der Waals surface area contributed by atoms with Gasteiger partial charge in [-0.1, -0.05) is 6.32 Å². The Kier molecular flexibility index (Phi) is 3.96. The van der Waals surface area contributed by atoms with Gasteiger partial charge in [-0.3, -0.25) is 9.59 Å². The molecule has 0 spiro atoms. The summed E-state index contributed by atoms with van der Waals surface area (Å²) in [4.78, 5) is 27.2. The quantitative estimate of drug-likeness (QED) is 0.587. The number of rotatable bonds is 3. The summed E-state index contributed by atoms with van der Waals surface area (Å²) in [6.45, 7) is 1.81. The molecule has 1 aromatic rings. The first kappa shape index (κ1) is 19.0. The predicted molar refractivity (Wildman–Crippen MR) is 95.1 cm³/mol. The first-order chi connectivity index (χ1) is 13.1. The van der Waals surface area contributed by atoms with Gasteiger partial charge in [-0.15, -0.1) is 0 Å². The third kappa shape index (κ3) is 2.37. The summed E-state index contributed by atoms with van der Waals surface area (Å²) in [5.74, 6) is -2.40. The molecule has 146 valence electrons. The number of amides is 2. The number of halogens is 3. The minimum atomic E-state index is -4.76. The van der Waals surface area contributed by atoms with Crippen molar-refractivity contribution >= 4 is 25.3 Å². The van der Waals surface area contributed by atoms with Crippen LogP contribution >= 0.6 is 0 Å². The van der Waals surface area contributed by atoms with Crippen LogP contribution in [0.3, 0.4) is 0 Å². The SMILES string of the molecule is BCCC12CCC(C)(O1)[C@H]1C(=O)N(c3ccc(C#N)c(C(F)(F)F)c3)C(=O)[C@H]12. The molecule has 3 saturated heterocycles. The van der Waals surface area contributed by atoms with E-state index in [0.29, 0.717) is 25.3 Å². The van der Waals surface area contributed by atoms with E-state index in [1.165, 1.54) is 12.1 Å². The summed E-state index contributed by atoms with van der Waals surface area (Å²) in [6, 6.07) is 4.45. The molecule has 5 nitrogen and oxygen atoms in total. The van der Waals surface area contributed by atoms with E-state index in [0.717, 1.165) is 17.3 Å². The average Bonchev–Trinajstić information content (AvgIpc) is 3.19. The fraction of sp³-hybridized carbons (Fsp3) is 0.526. The maximum atomic E-state index is 13.3. The van der Waals surface area contributed by atoms with Crippen LogP contribution in [0.1, 0.15) is 37.3 Å². The minimum absolute atomic E-state index is 0.148. The second-order valence-corrected chi connectivity index (χ2v) is 8.04. The molecule has 0 aromatic heterocycles. The van der Waals surface area contributed by atoms with Gasteiger partial charge >= 0.3 is 6.18 Å². The molecule has 2 unspecified atom stereocenters. The average molecular weight is 390 g/mol. The molecule has 9 heteroatoms. The summed E-state index contributed by atoms with van der Waals surface area (Å²) < 4.78 is 46.2. The van der Waals surface area contributed by atoms with E-state index >= 15 is 0 Å². The van der Waals surface area contributed by atoms with Crippen molar-refractivity contribution in [3.05, 3.63) is 29.3 Å². The molecule has 3 heterocycles. The smallest absolute Gasteiger partial charge is 0.367 e. The molecule has 4 rings (SSSR count). The van der Waals surface area contributed by atoms with Crippen LogP contribution < -0.4 is 4.90 Å². The van der Waals surface area contributed by atoms with Crippen molar-refractivity contribution in [2.75, 3.05) is 4.90 Å². The van der Waals surface area contributed by atoms with Crippen LogP contribution in [0.4, 0.5) is 18.9 Å². The summed E-state index contributed by atoms with van der Waals surface area (Å²) >= 11 is 0. The highest BCUT2D eigenvalue weighted by atomic mass is 19.4. The number of imide groups is 1. The van der Waals surface area contributed by atoms with E-state index in [1.54, 1.807) is 0 Å². The molecule has 3 aliphatic heterocycles. The summed E-state index contributed by atoms with van der Waals surface area (Å²) in [6.07, 6.45) is -2.07. The van der Waals surface area contributed by atoms with Crippen molar-refractivity contribution in [2.24, 2.45) is 11.8 Å². The van der Waals surface area contributed by atoms with Crippen molar-refractivity contribution in [1.29, 1.82) is 5.26 Å². The number of anilines is 1. The van der Waals surface area contributed by atoms with Crippen LogP contribution in [0.15, 0.2) is 18.2 Å². The van der Waals surface area contributed by atoms with Gasteiger partial charge in [0.1, 0.15) is 7.85 Å². The molecule has 0 radical (unpaired) electrons. The zero-order chi connectivity index (χ0) is 20.5. The summed E-state index contributed by atoms with van der Waals surface area (Å²) in [5, 5.41) is 8.96. The lowest BCUT2D eigenvalue weighted by Crippen LogP contribution is -2.42. The zero-order valence-electron chi connectivity index (χ0n) is 15.5. The number of nitriles is 1. The molecule has 3 aliphatic rings. The molecule has 2 bridgehead atoms. The van der Waals surface area contributed by atoms with Crippen molar-refractivity contribution < 1.29 is 27.5 Å². The number of ether oxygens (including phenoxy) is 1. The van der Waals surface area contributed by atoms with Crippen LogP contribution in [0.2, 0.25) is 6.32 Å². The Morgan fingerprint density at radius 1 is 1.29 bits per heavy atom. The first-order valence-electron chi connectivity index (χ1n) is 9.27. The predicted octanol–water partition coefficient (Wildman–Crippen LogP) is 2.45. The monoisotopic (exact) mass is 390 g/mol. The fourth-order valence-corrected chi connectivity index (χ4v) is 5.29. The molecular formula is C19H18BF3N2O3. The van der Waals surface area contributed by atoms with E-state index in [4.69, 9.17) is 10.00 Å².